The fourth-order valence-corrected chi connectivity index (χ4v) is 2.06. The van der Waals surface area contributed by atoms with Gasteiger partial charge in [-0.25, -0.2) is 0 Å². The van der Waals surface area contributed by atoms with E-state index in [1.54, 1.807) is 0 Å². The Labute approximate surface area is 97.0 Å². The molecule has 0 unspecified atom stereocenters. The van der Waals surface area contributed by atoms with Gasteiger partial charge < -0.3 is 10.1 Å². The Balaban J connectivity index is 1.84. The van der Waals surface area contributed by atoms with Crippen LogP contribution in [0.3, 0.4) is 0 Å². The first kappa shape index (κ1) is 11.6. The standard InChI is InChI=1S/C12H21N3O/c1-4-15-11(5-10(2)14-15)6-13-7-12(3)8-16-9-12/h5,13H,4,6-9H2,1-3H3. The van der Waals surface area contributed by atoms with Crippen LogP contribution in [0.15, 0.2) is 6.07 Å². The van der Waals surface area contributed by atoms with Crippen molar-refractivity contribution in [3.8, 4) is 0 Å². The first-order chi connectivity index (χ1) is 7.63. The number of ether oxygens (including phenoxy) is 1. The molecule has 0 aliphatic carbocycles. The second-order valence-corrected chi connectivity index (χ2v) is 5.00. The van der Waals surface area contributed by atoms with Crippen molar-refractivity contribution in [1.82, 2.24) is 15.1 Å². The van der Waals surface area contributed by atoms with Crippen LogP contribution in [0, 0.1) is 12.3 Å². The lowest BCUT2D eigenvalue weighted by molar-refractivity contribution is -0.0992. The zero-order valence-corrected chi connectivity index (χ0v) is 10.4. The number of hydrogen-bond donors (Lipinski definition) is 1. The first-order valence-electron chi connectivity index (χ1n) is 5.95. The number of nitrogens with zero attached hydrogens (tertiary/aromatic N) is 2. The summed E-state index contributed by atoms with van der Waals surface area (Å²) in [6.45, 7) is 11.0. The predicted octanol–water partition coefficient (Wildman–Crippen LogP) is 1.34. The molecule has 0 spiro atoms. The van der Waals surface area contributed by atoms with Crippen molar-refractivity contribution in [2.45, 2.75) is 33.9 Å². The third kappa shape index (κ3) is 2.44. The van der Waals surface area contributed by atoms with Crippen LogP contribution in [0.5, 0.6) is 0 Å². The predicted molar refractivity (Wildman–Crippen MR) is 63.3 cm³/mol. The van der Waals surface area contributed by atoms with E-state index in [9.17, 15) is 0 Å². The van der Waals surface area contributed by atoms with Gasteiger partial charge in [0.05, 0.1) is 24.6 Å². The Bertz CT molecular complexity index is 355. The number of hydrogen-bond acceptors (Lipinski definition) is 3. The van der Waals surface area contributed by atoms with Gasteiger partial charge in [-0.05, 0) is 19.9 Å². The van der Waals surface area contributed by atoms with Gasteiger partial charge in [0.2, 0.25) is 0 Å². The summed E-state index contributed by atoms with van der Waals surface area (Å²) in [4.78, 5) is 0. The van der Waals surface area contributed by atoms with Gasteiger partial charge in [-0.3, -0.25) is 4.68 Å². The molecular formula is C12H21N3O. The molecule has 90 valence electrons. The maximum atomic E-state index is 5.23. The number of nitrogens with one attached hydrogen (secondary N) is 1. The summed E-state index contributed by atoms with van der Waals surface area (Å²) in [5.74, 6) is 0. The van der Waals surface area contributed by atoms with Gasteiger partial charge in [-0.15, -0.1) is 0 Å². The zero-order chi connectivity index (χ0) is 11.6. The summed E-state index contributed by atoms with van der Waals surface area (Å²) >= 11 is 0. The lowest BCUT2D eigenvalue weighted by Gasteiger charge is -2.38. The number of aromatic nitrogens is 2. The Hall–Kier alpha value is -0.870. The summed E-state index contributed by atoms with van der Waals surface area (Å²) < 4.78 is 7.29. The quantitative estimate of drug-likeness (QED) is 0.818. The molecule has 1 aromatic heterocycles. The van der Waals surface area contributed by atoms with Crippen LogP contribution in [0.25, 0.3) is 0 Å². The largest absolute Gasteiger partial charge is 0.380 e. The molecule has 4 heteroatoms. The van der Waals surface area contributed by atoms with Gasteiger partial charge in [0.25, 0.3) is 0 Å². The van der Waals surface area contributed by atoms with Gasteiger partial charge >= 0.3 is 0 Å². The normalized spacial score (nSPS) is 18.4. The lowest BCUT2D eigenvalue weighted by atomic mass is 9.89. The van der Waals surface area contributed by atoms with Crippen molar-refractivity contribution in [3.05, 3.63) is 17.5 Å². The molecule has 0 saturated carbocycles. The molecule has 1 aliphatic heterocycles. The van der Waals surface area contributed by atoms with Crippen LogP contribution in [-0.4, -0.2) is 29.5 Å². The molecular weight excluding hydrogens is 202 g/mol. The van der Waals surface area contributed by atoms with Crippen molar-refractivity contribution in [3.63, 3.8) is 0 Å². The molecule has 0 bridgehead atoms. The molecule has 2 heterocycles. The van der Waals surface area contributed by atoms with E-state index in [-0.39, 0.29) is 0 Å². The summed E-state index contributed by atoms with van der Waals surface area (Å²) in [5.41, 5.74) is 2.70. The summed E-state index contributed by atoms with van der Waals surface area (Å²) in [6, 6.07) is 2.15. The van der Waals surface area contributed by atoms with Crippen LogP contribution in [0.2, 0.25) is 0 Å². The monoisotopic (exact) mass is 223 g/mol. The van der Waals surface area contributed by atoms with Crippen LogP contribution in [0.1, 0.15) is 25.2 Å². The Morgan fingerprint density at radius 2 is 2.31 bits per heavy atom. The fraction of sp³-hybridized carbons (Fsp3) is 0.750. The van der Waals surface area contributed by atoms with E-state index in [2.05, 4.69) is 35.0 Å². The Morgan fingerprint density at radius 1 is 1.56 bits per heavy atom. The maximum absolute atomic E-state index is 5.23. The van der Waals surface area contributed by atoms with Gasteiger partial charge in [0.15, 0.2) is 0 Å². The smallest absolute Gasteiger partial charge is 0.0597 e. The van der Waals surface area contributed by atoms with Crippen LogP contribution >= 0.6 is 0 Å². The minimum absolute atomic E-state index is 0.339. The first-order valence-corrected chi connectivity index (χ1v) is 5.95. The minimum Gasteiger partial charge on any atom is -0.380 e. The van der Waals surface area contributed by atoms with E-state index >= 15 is 0 Å². The highest BCUT2D eigenvalue weighted by atomic mass is 16.5. The molecule has 0 amide bonds. The minimum atomic E-state index is 0.339. The van der Waals surface area contributed by atoms with Crippen LogP contribution < -0.4 is 5.32 Å². The Morgan fingerprint density at radius 3 is 2.88 bits per heavy atom. The van der Waals surface area contributed by atoms with Gasteiger partial charge in [-0.2, -0.15) is 5.10 Å². The zero-order valence-electron chi connectivity index (χ0n) is 10.4. The van der Waals surface area contributed by atoms with Gasteiger partial charge in [0.1, 0.15) is 0 Å². The molecule has 4 nitrogen and oxygen atoms in total. The van der Waals surface area contributed by atoms with Crippen molar-refractivity contribution in [2.24, 2.45) is 5.41 Å². The third-order valence-electron chi connectivity index (χ3n) is 3.04. The van der Waals surface area contributed by atoms with E-state index in [0.717, 1.165) is 38.5 Å². The summed E-state index contributed by atoms with van der Waals surface area (Å²) in [6.07, 6.45) is 0. The molecule has 16 heavy (non-hydrogen) atoms. The highest BCUT2D eigenvalue weighted by Crippen LogP contribution is 2.25. The second kappa shape index (κ2) is 4.55. The third-order valence-corrected chi connectivity index (χ3v) is 3.04. The fourth-order valence-electron chi connectivity index (χ4n) is 2.06. The molecule has 1 aromatic rings. The Kier molecular flexibility index (Phi) is 3.30. The maximum Gasteiger partial charge on any atom is 0.0597 e. The lowest BCUT2D eigenvalue weighted by Crippen LogP contribution is -2.47. The van der Waals surface area contributed by atoms with E-state index in [4.69, 9.17) is 4.74 Å². The van der Waals surface area contributed by atoms with Crippen LogP contribution in [-0.2, 0) is 17.8 Å². The van der Waals surface area contributed by atoms with Gasteiger partial charge in [-0.1, -0.05) is 6.92 Å². The van der Waals surface area contributed by atoms with Gasteiger partial charge in [0, 0.05) is 25.0 Å². The van der Waals surface area contributed by atoms with Crippen molar-refractivity contribution in [2.75, 3.05) is 19.8 Å². The molecule has 1 aliphatic rings. The molecule has 1 N–H and O–H groups in total. The van der Waals surface area contributed by atoms with Crippen LogP contribution in [0.4, 0.5) is 0 Å². The highest BCUT2D eigenvalue weighted by Gasteiger charge is 2.32. The highest BCUT2D eigenvalue weighted by molar-refractivity contribution is 5.08. The van der Waals surface area contributed by atoms with E-state index in [1.165, 1.54) is 5.69 Å². The number of rotatable bonds is 5. The summed E-state index contributed by atoms with van der Waals surface area (Å²) in [5, 5.41) is 7.92. The SMILES string of the molecule is CCn1nc(C)cc1CNCC1(C)COC1. The van der Waals surface area contributed by atoms with E-state index in [0.29, 0.717) is 5.41 Å². The second-order valence-electron chi connectivity index (χ2n) is 5.00. The van der Waals surface area contributed by atoms with Crippen molar-refractivity contribution in [1.29, 1.82) is 0 Å². The molecule has 0 atom stereocenters. The van der Waals surface area contributed by atoms with Crippen molar-refractivity contribution < 1.29 is 4.74 Å². The molecule has 1 saturated heterocycles. The topological polar surface area (TPSA) is 39.1 Å². The average Bonchev–Trinajstić information content (AvgIpc) is 2.56. The molecule has 0 radical (unpaired) electrons. The molecule has 0 aromatic carbocycles. The average molecular weight is 223 g/mol. The van der Waals surface area contributed by atoms with E-state index in [1.807, 2.05) is 6.92 Å². The van der Waals surface area contributed by atoms with Crippen molar-refractivity contribution >= 4 is 0 Å². The molecule has 1 fully saturated rings. The van der Waals surface area contributed by atoms with E-state index < -0.39 is 0 Å². The number of aryl methyl sites for hydroxylation is 2. The summed E-state index contributed by atoms with van der Waals surface area (Å²) in [7, 11) is 0. The molecule has 2 rings (SSSR count).